The molecule has 88 valence electrons. The fourth-order valence-corrected chi connectivity index (χ4v) is 1.27. The van der Waals surface area contributed by atoms with E-state index in [1.807, 2.05) is 0 Å². The van der Waals surface area contributed by atoms with Crippen LogP contribution in [0.2, 0.25) is 0 Å². The molecule has 0 saturated carbocycles. The molecular weight excluding hydrogens is 260 g/mol. The molecule has 0 radical (unpaired) electrons. The van der Waals surface area contributed by atoms with Gasteiger partial charge in [0.2, 0.25) is 0 Å². The average molecular weight is 262 g/mol. The van der Waals surface area contributed by atoms with Gasteiger partial charge in [-0.3, -0.25) is 14.9 Å². The summed E-state index contributed by atoms with van der Waals surface area (Å²) in [5.41, 5.74) is -3.77. The fourth-order valence-electron chi connectivity index (χ4n) is 1.12. The van der Waals surface area contributed by atoms with Crippen LogP contribution in [0, 0.1) is 21.4 Å². The molecule has 0 aliphatic heterocycles. The van der Waals surface area contributed by atoms with Gasteiger partial charge in [0.25, 0.3) is 11.7 Å². The van der Waals surface area contributed by atoms with Crippen LogP contribution < -0.4 is 0 Å². The summed E-state index contributed by atoms with van der Waals surface area (Å²) in [6.45, 7) is 0. The summed E-state index contributed by atoms with van der Waals surface area (Å²) >= 11 is 5.06. The first-order chi connectivity index (χ1) is 7.90. The predicted molar refractivity (Wildman–Crippen MR) is 50.7 cm³/mol. The van der Waals surface area contributed by atoms with E-state index in [4.69, 9.17) is 16.9 Å². The van der Waals surface area contributed by atoms with Gasteiger partial charge in [-0.1, -0.05) is 0 Å². The number of nitrogens with zero attached hydrogens (tertiary/aromatic N) is 3. The molecule has 17 heavy (non-hydrogen) atoms. The van der Waals surface area contributed by atoms with Crippen molar-refractivity contribution in [1.82, 2.24) is 4.98 Å². The molecule has 0 unspecified atom stereocenters. The van der Waals surface area contributed by atoms with Gasteiger partial charge in [0, 0.05) is 6.20 Å². The van der Waals surface area contributed by atoms with Crippen LogP contribution in [0.25, 0.3) is 0 Å². The maximum atomic E-state index is 12.4. The zero-order chi connectivity index (χ0) is 13.2. The first-order valence-electron chi connectivity index (χ1n) is 3.95. The van der Waals surface area contributed by atoms with Crippen LogP contribution in [0.1, 0.15) is 28.0 Å². The number of nitro groups is 1. The molecule has 0 amide bonds. The van der Waals surface area contributed by atoms with E-state index < -0.39 is 39.1 Å². The van der Waals surface area contributed by atoms with Gasteiger partial charge in [-0.2, -0.15) is 5.26 Å². The number of pyridine rings is 1. The van der Waals surface area contributed by atoms with Gasteiger partial charge in [0.1, 0.15) is 11.6 Å². The summed E-state index contributed by atoms with van der Waals surface area (Å²) < 4.78 is 24.9. The number of hydrogen-bond donors (Lipinski definition) is 0. The van der Waals surface area contributed by atoms with E-state index in [1.165, 1.54) is 6.07 Å². The number of carbonyl (C=O) groups is 1. The molecule has 0 bridgehead atoms. The van der Waals surface area contributed by atoms with Crippen LogP contribution in [-0.2, 0) is 0 Å². The molecular formula is C8H2ClF2N3O3. The Labute approximate surface area is 97.6 Å². The van der Waals surface area contributed by atoms with E-state index in [2.05, 4.69) is 4.98 Å². The molecule has 1 rings (SSSR count). The van der Waals surface area contributed by atoms with E-state index in [-0.39, 0.29) is 0 Å². The first kappa shape index (κ1) is 12.9. The van der Waals surface area contributed by atoms with E-state index in [9.17, 15) is 23.7 Å². The summed E-state index contributed by atoms with van der Waals surface area (Å²) in [5, 5.41) is 18.1. The molecule has 1 aromatic heterocycles. The molecule has 0 atom stereocenters. The van der Waals surface area contributed by atoms with E-state index in [1.54, 1.807) is 0 Å². The normalized spacial score (nSPS) is 10.1. The summed E-state index contributed by atoms with van der Waals surface area (Å²) in [5.74, 6) is 0. The Hall–Kier alpha value is -2.14. The first-order valence-corrected chi connectivity index (χ1v) is 4.33. The number of halogens is 3. The zero-order valence-corrected chi connectivity index (χ0v) is 8.61. The van der Waals surface area contributed by atoms with Gasteiger partial charge in [-0.05, 0) is 11.6 Å². The Bertz CT molecular complexity index is 542. The third-order valence-corrected chi connectivity index (χ3v) is 2.00. The van der Waals surface area contributed by atoms with Crippen molar-refractivity contribution in [1.29, 1.82) is 5.26 Å². The number of carbonyl (C=O) groups excluding carboxylic acids is 1. The molecule has 0 N–H and O–H groups in total. The standard InChI is InChI=1S/C8H2ClF2N3O3/c9-7(15)4-2-13-5(8(10)11)6(14(16)17)3(4)1-12/h2,8H. The van der Waals surface area contributed by atoms with Crippen molar-refractivity contribution in [2.24, 2.45) is 0 Å². The Morgan fingerprint density at radius 1 is 1.65 bits per heavy atom. The molecule has 1 aromatic rings. The second-order valence-electron chi connectivity index (χ2n) is 2.72. The molecule has 0 spiro atoms. The Kier molecular flexibility index (Phi) is 3.65. The lowest BCUT2D eigenvalue weighted by Gasteiger charge is -2.04. The van der Waals surface area contributed by atoms with Crippen LogP contribution in [0.5, 0.6) is 0 Å². The molecule has 0 aliphatic rings. The lowest BCUT2D eigenvalue weighted by atomic mass is 10.1. The summed E-state index contributed by atoms with van der Waals surface area (Å²) in [6, 6.07) is 1.30. The third kappa shape index (κ3) is 2.34. The van der Waals surface area contributed by atoms with E-state index >= 15 is 0 Å². The molecule has 0 aliphatic carbocycles. The van der Waals surface area contributed by atoms with Crippen molar-refractivity contribution in [3.8, 4) is 6.07 Å². The monoisotopic (exact) mass is 261 g/mol. The quantitative estimate of drug-likeness (QED) is 0.472. The maximum absolute atomic E-state index is 12.4. The lowest BCUT2D eigenvalue weighted by Crippen LogP contribution is -2.07. The minimum atomic E-state index is -3.23. The topological polar surface area (TPSA) is 96.9 Å². The molecule has 6 nitrogen and oxygen atoms in total. The molecule has 0 fully saturated rings. The van der Waals surface area contributed by atoms with Crippen molar-refractivity contribution in [3.63, 3.8) is 0 Å². The van der Waals surface area contributed by atoms with Crippen LogP contribution >= 0.6 is 11.6 Å². The average Bonchev–Trinajstić information content (AvgIpc) is 2.26. The summed E-state index contributed by atoms with van der Waals surface area (Å²) in [4.78, 5) is 23.3. The van der Waals surface area contributed by atoms with Crippen molar-refractivity contribution < 1.29 is 18.5 Å². The Balaban J connectivity index is 3.69. The molecule has 0 saturated heterocycles. The molecule has 1 heterocycles. The number of alkyl halides is 2. The van der Waals surface area contributed by atoms with Gasteiger partial charge in [-0.25, -0.2) is 13.8 Å². The number of aromatic nitrogens is 1. The van der Waals surface area contributed by atoms with Gasteiger partial charge in [0.05, 0.1) is 10.5 Å². The van der Waals surface area contributed by atoms with E-state index in [0.29, 0.717) is 6.20 Å². The van der Waals surface area contributed by atoms with Crippen molar-refractivity contribution in [2.45, 2.75) is 6.43 Å². The SMILES string of the molecule is N#Cc1c(C(=O)Cl)cnc(C(F)F)c1[N+](=O)[O-]. The predicted octanol–water partition coefficient (Wildman–Crippen LogP) is 2.18. The lowest BCUT2D eigenvalue weighted by molar-refractivity contribution is -0.386. The summed E-state index contributed by atoms with van der Waals surface area (Å²) in [7, 11) is 0. The van der Waals surface area contributed by atoms with Gasteiger partial charge in [-0.15, -0.1) is 0 Å². The van der Waals surface area contributed by atoms with Crippen LogP contribution in [0.4, 0.5) is 14.5 Å². The second kappa shape index (κ2) is 4.80. The third-order valence-electron chi connectivity index (χ3n) is 1.79. The number of hydrogen-bond acceptors (Lipinski definition) is 5. The fraction of sp³-hybridized carbons (Fsp3) is 0.125. The largest absolute Gasteiger partial charge is 0.315 e. The second-order valence-corrected chi connectivity index (χ2v) is 3.07. The van der Waals surface area contributed by atoms with Gasteiger partial charge < -0.3 is 0 Å². The van der Waals surface area contributed by atoms with Crippen LogP contribution in [0.15, 0.2) is 6.20 Å². The highest BCUT2D eigenvalue weighted by Gasteiger charge is 2.31. The number of nitriles is 1. The van der Waals surface area contributed by atoms with Gasteiger partial charge >= 0.3 is 5.69 Å². The minimum absolute atomic E-state index is 0.578. The van der Waals surface area contributed by atoms with Crippen molar-refractivity contribution in [3.05, 3.63) is 33.1 Å². The smallest absolute Gasteiger partial charge is 0.275 e. The highest BCUT2D eigenvalue weighted by Crippen LogP contribution is 2.31. The Morgan fingerprint density at radius 3 is 2.59 bits per heavy atom. The minimum Gasteiger partial charge on any atom is -0.275 e. The molecule has 9 heteroatoms. The van der Waals surface area contributed by atoms with Gasteiger partial charge in [0.15, 0.2) is 5.69 Å². The highest BCUT2D eigenvalue weighted by molar-refractivity contribution is 6.68. The Morgan fingerprint density at radius 2 is 2.24 bits per heavy atom. The van der Waals surface area contributed by atoms with E-state index in [0.717, 1.165) is 0 Å². The molecule has 0 aromatic carbocycles. The van der Waals surface area contributed by atoms with Crippen LogP contribution in [0.3, 0.4) is 0 Å². The highest BCUT2D eigenvalue weighted by atomic mass is 35.5. The number of rotatable bonds is 3. The summed E-state index contributed by atoms with van der Waals surface area (Å²) in [6.07, 6.45) is -2.62. The van der Waals surface area contributed by atoms with Crippen LogP contribution in [-0.4, -0.2) is 15.1 Å². The maximum Gasteiger partial charge on any atom is 0.315 e. The zero-order valence-electron chi connectivity index (χ0n) is 7.85. The van der Waals surface area contributed by atoms with Crippen molar-refractivity contribution in [2.75, 3.05) is 0 Å². The van der Waals surface area contributed by atoms with Crippen molar-refractivity contribution >= 4 is 22.5 Å².